The smallest absolute Gasteiger partial charge is 0.226 e. The van der Waals surface area contributed by atoms with E-state index < -0.39 is 0 Å². The van der Waals surface area contributed by atoms with Crippen LogP contribution in [0.1, 0.15) is 84.6 Å². The van der Waals surface area contributed by atoms with Gasteiger partial charge in [-0.15, -0.1) is 0 Å². The van der Waals surface area contributed by atoms with Gasteiger partial charge in [-0.2, -0.15) is 9.97 Å². The SMILES string of the molecule is CCC1CCN(Nc2nc(Cl)nc3c2ncn3C2CCCC2)CC1.CCCNCCC. The zero-order valence-electron chi connectivity index (χ0n) is 19.5. The second-order valence-corrected chi connectivity index (χ2v) is 9.14. The maximum atomic E-state index is 6.20. The molecule has 2 aromatic rings. The second-order valence-electron chi connectivity index (χ2n) is 8.80. The van der Waals surface area contributed by atoms with Crippen molar-refractivity contribution in [1.82, 2.24) is 29.8 Å². The quantitative estimate of drug-likeness (QED) is 0.413. The van der Waals surface area contributed by atoms with Crippen molar-refractivity contribution in [3.8, 4) is 0 Å². The Hall–Kier alpha value is -1.44. The van der Waals surface area contributed by atoms with Gasteiger partial charge in [0.05, 0.1) is 6.33 Å². The molecule has 2 aromatic heterocycles. The van der Waals surface area contributed by atoms with Crippen LogP contribution in [0, 0.1) is 5.92 Å². The number of anilines is 1. The average Bonchev–Trinajstić information content (AvgIpc) is 3.45. The van der Waals surface area contributed by atoms with Crippen LogP contribution in [0.25, 0.3) is 11.2 Å². The van der Waals surface area contributed by atoms with Crippen molar-refractivity contribution in [2.24, 2.45) is 5.92 Å². The monoisotopic (exact) mass is 449 g/mol. The van der Waals surface area contributed by atoms with E-state index in [0.29, 0.717) is 6.04 Å². The van der Waals surface area contributed by atoms with Crippen molar-refractivity contribution in [3.05, 3.63) is 11.6 Å². The van der Waals surface area contributed by atoms with E-state index in [9.17, 15) is 0 Å². The normalized spacial score (nSPS) is 18.3. The molecule has 3 heterocycles. The van der Waals surface area contributed by atoms with Gasteiger partial charge in [-0.25, -0.2) is 9.99 Å². The van der Waals surface area contributed by atoms with Gasteiger partial charge in [0, 0.05) is 19.1 Å². The first-order chi connectivity index (χ1) is 15.2. The largest absolute Gasteiger partial charge is 0.317 e. The van der Waals surface area contributed by atoms with Gasteiger partial charge in [0.15, 0.2) is 17.0 Å². The van der Waals surface area contributed by atoms with Gasteiger partial charge in [0.1, 0.15) is 0 Å². The van der Waals surface area contributed by atoms with Crippen LogP contribution in [0.2, 0.25) is 5.28 Å². The zero-order chi connectivity index (χ0) is 22.1. The van der Waals surface area contributed by atoms with E-state index in [0.717, 1.165) is 36.0 Å². The molecule has 31 heavy (non-hydrogen) atoms. The Morgan fingerprint density at radius 2 is 1.68 bits per heavy atom. The third kappa shape index (κ3) is 6.77. The average molecular weight is 450 g/mol. The molecular formula is C23H40ClN7. The highest BCUT2D eigenvalue weighted by Gasteiger charge is 2.23. The second kappa shape index (κ2) is 12.6. The van der Waals surface area contributed by atoms with E-state index in [-0.39, 0.29) is 5.28 Å². The minimum Gasteiger partial charge on any atom is -0.317 e. The fraction of sp³-hybridized carbons (Fsp3) is 0.783. The van der Waals surface area contributed by atoms with Gasteiger partial charge in [0.2, 0.25) is 5.28 Å². The fourth-order valence-corrected chi connectivity index (χ4v) is 4.66. The summed E-state index contributed by atoms with van der Waals surface area (Å²) in [5.41, 5.74) is 5.11. The van der Waals surface area contributed by atoms with Crippen LogP contribution in [0.3, 0.4) is 0 Å². The predicted octanol–water partition coefficient (Wildman–Crippen LogP) is 5.44. The summed E-state index contributed by atoms with van der Waals surface area (Å²) in [6, 6.07) is 0.495. The first kappa shape index (κ1) is 24.2. The molecule has 1 aliphatic carbocycles. The van der Waals surface area contributed by atoms with E-state index in [1.165, 1.54) is 70.9 Å². The Morgan fingerprint density at radius 1 is 1.00 bits per heavy atom. The summed E-state index contributed by atoms with van der Waals surface area (Å²) in [7, 11) is 0. The number of piperidine rings is 1. The number of fused-ring (bicyclic) bond motifs is 1. The molecule has 0 amide bonds. The highest BCUT2D eigenvalue weighted by molar-refractivity contribution is 6.28. The zero-order valence-corrected chi connectivity index (χ0v) is 20.3. The standard InChI is InChI=1S/C17H25ClN6.C6H15N/c1-2-12-7-9-23(10-8-12)22-15-14-16(21-17(18)20-15)24(11-19-14)13-5-3-4-6-13;1-3-5-7-6-4-2/h11-13H,2-10H2,1H3,(H,20,21,22);7H,3-6H2,1-2H3. The fourth-order valence-electron chi connectivity index (χ4n) is 4.50. The summed E-state index contributed by atoms with van der Waals surface area (Å²) in [6.07, 6.45) is 13.1. The van der Waals surface area contributed by atoms with Crippen molar-refractivity contribution in [1.29, 1.82) is 0 Å². The molecule has 174 valence electrons. The number of imidazole rings is 1. The summed E-state index contributed by atoms with van der Waals surface area (Å²) < 4.78 is 2.18. The molecule has 0 spiro atoms. The Bertz CT molecular complexity index is 776. The van der Waals surface area contributed by atoms with Gasteiger partial charge >= 0.3 is 0 Å². The van der Waals surface area contributed by atoms with Crippen molar-refractivity contribution in [2.75, 3.05) is 31.6 Å². The van der Waals surface area contributed by atoms with E-state index in [4.69, 9.17) is 11.6 Å². The Kier molecular flexibility index (Phi) is 9.81. The van der Waals surface area contributed by atoms with Gasteiger partial charge < -0.3 is 15.3 Å². The minimum absolute atomic E-state index is 0.285. The Balaban J connectivity index is 0.000000339. The van der Waals surface area contributed by atoms with Gasteiger partial charge in [-0.3, -0.25) is 0 Å². The van der Waals surface area contributed by atoms with E-state index in [2.05, 4.69) is 56.0 Å². The lowest BCUT2D eigenvalue weighted by molar-refractivity contribution is 0.213. The number of halogens is 1. The van der Waals surface area contributed by atoms with E-state index in [1.807, 2.05) is 6.33 Å². The highest BCUT2D eigenvalue weighted by Crippen LogP contribution is 2.33. The van der Waals surface area contributed by atoms with Crippen molar-refractivity contribution in [3.63, 3.8) is 0 Å². The summed E-state index contributed by atoms with van der Waals surface area (Å²) in [5, 5.41) is 5.81. The van der Waals surface area contributed by atoms with Crippen molar-refractivity contribution < 1.29 is 0 Å². The topological polar surface area (TPSA) is 70.9 Å². The first-order valence-electron chi connectivity index (χ1n) is 12.3. The molecule has 1 aliphatic heterocycles. The maximum absolute atomic E-state index is 6.20. The van der Waals surface area contributed by atoms with Crippen molar-refractivity contribution in [2.45, 2.75) is 84.6 Å². The van der Waals surface area contributed by atoms with Gasteiger partial charge in [-0.05, 0) is 69.1 Å². The molecule has 0 unspecified atom stereocenters. The van der Waals surface area contributed by atoms with Crippen LogP contribution >= 0.6 is 11.6 Å². The third-order valence-corrected chi connectivity index (χ3v) is 6.59. The molecule has 4 rings (SSSR count). The molecular weight excluding hydrogens is 410 g/mol. The number of rotatable bonds is 8. The van der Waals surface area contributed by atoms with Crippen LogP contribution < -0.4 is 10.7 Å². The number of aromatic nitrogens is 4. The molecule has 2 fully saturated rings. The first-order valence-corrected chi connectivity index (χ1v) is 12.7. The number of hydrogen-bond donors (Lipinski definition) is 2. The Labute approximate surface area is 192 Å². The minimum atomic E-state index is 0.285. The van der Waals surface area contributed by atoms with E-state index >= 15 is 0 Å². The predicted molar refractivity (Wildman–Crippen MR) is 130 cm³/mol. The summed E-state index contributed by atoms with van der Waals surface area (Å²) >= 11 is 6.20. The third-order valence-electron chi connectivity index (χ3n) is 6.42. The summed E-state index contributed by atoms with van der Waals surface area (Å²) in [4.78, 5) is 13.4. The lowest BCUT2D eigenvalue weighted by Gasteiger charge is -2.31. The van der Waals surface area contributed by atoms with Crippen LogP contribution in [0.4, 0.5) is 5.82 Å². The maximum Gasteiger partial charge on any atom is 0.226 e. The van der Waals surface area contributed by atoms with Crippen LogP contribution in [0.15, 0.2) is 6.33 Å². The molecule has 2 N–H and O–H groups in total. The molecule has 0 atom stereocenters. The van der Waals surface area contributed by atoms with Gasteiger partial charge in [-0.1, -0.05) is 40.0 Å². The number of nitrogens with zero attached hydrogens (tertiary/aromatic N) is 5. The van der Waals surface area contributed by atoms with E-state index in [1.54, 1.807) is 0 Å². The van der Waals surface area contributed by atoms with Crippen LogP contribution in [0.5, 0.6) is 0 Å². The van der Waals surface area contributed by atoms with Gasteiger partial charge in [0.25, 0.3) is 0 Å². The summed E-state index contributed by atoms with van der Waals surface area (Å²) in [5.74, 6) is 1.58. The molecule has 2 aliphatic rings. The molecule has 0 aromatic carbocycles. The molecule has 0 radical (unpaired) electrons. The summed E-state index contributed by atoms with van der Waals surface area (Å²) in [6.45, 7) is 11.1. The number of hydrazine groups is 1. The number of hydrogen-bond acceptors (Lipinski definition) is 6. The molecule has 1 saturated heterocycles. The molecule has 7 nitrogen and oxygen atoms in total. The molecule has 1 saturated carbocycles. The highest BCUT2D eigenvalue weighted by atomic mass is 35.5. The molecule has 8 heteroatoms. The molecule has 0 bridgehead atoms. The number of nitrogens with one attached hydrogen (secondary N) is 2. The van der Waals surface area contributed by atoms with Crippen LogP contribution in [-0.2, 0) is 0 Å². The Morgan fingerprint density at radius 3 is 2.29 bits per heavy atom. The lowest BCUT2D eigenvalue weighted by atomic mass is 9.95. The lowest BCUT2D eigenvalue weighted by Crippen LogP contribution is -2.38. The van der Waals surface area contributed by atoms with Crippen molar-refractivity contribution >= 4 is 28.6 Å². The van der Waals surface area contributed by atoms with Crippen LogP contribution in [-0.4, -0.2) is 50.7 Å².